The van der Waals surface area contributed by atoms with Crippen LogP contribution in [0.5, 0.6) is 11.5 Å². The molecule has 4 rings (SSSR count). The number of nitrogen functional groups attached to an aromatic ring is 1. The molecule has 0 saturated heterocycles. The van der Waals surface area contributed by atoms with Crippen molar-refractivity contribution in [2.75, 3.05) is 18.9 Å². The Morgan fingerprint density at radius 3 is 2.10 bits per heavy atom. The van der Waals surface area contributed by atoms with Crippen molar-refractivity contribution in [1.82, 2.24) is 0 Å². The Balaban J connectivity index is 1.48. The van der Waals surface area contributed by atoms with Gasteiger partial charge in [-0.15, -0.1) is 0 Å². The number of ketones is 2. The van der Waals surface area contributed by atoms with E-state index in [1.807, 2.05) is 0 Å². The fourth-order valence-corrected chi connectivity index (χ4v) is 4.72. The number of phenolic OH excluding ortho intramolecular Hbond substituents is 1. The highest BCUT2D eigenvalue weighted by molar-refractivity contribution is 6.31. The van der Waals surface area contributed by atoms with E-state index >= 15 is 0 Å². The predicted octanol–water partition coefficient (Wildman–Crippen LogP) is 3.71. The summed E-state index contributed by atoms with van der Waals surface area (Å²) in [5, 5.41) is 19.6. The highest BCUT2D eigenvalue weighted by Gasteiger charge is 2.35. The molecule has 2 aromatic carbocycles. The minimum atomic E-state index is -0.407. The zero-order chi connectivity index (χ0) is 21.3. The van der Waals surface area contributed by atoms with Gasteiger partial charge in [0.15, 0.2) is 11.6 Å². The van der Waals surface area contributed by atoms with E-state index < -0.39 is 5.78 Å². The van der Waals surface area contributed by atoms with Crippen LogP contribution in [0, 0.1) is 11.8 Å². The number of rotatable bonds is 6. The van der Waals surface area contributed by atoms with Crippen LogP contribution in [0.15, 0.2) is 30.3 Å². The molecule has 158 valence electrons. The standard InChI is InChI=1S/C24H27NO5/c25-22-19(30-12-10-15-7-5-14(6-8-15)9-11-26)13-18(27)20-21(22)24(29)17-4-2-1-3-16(17)23(20)28/h1-4,13-15,26-27H,5-12,25H2. The lowest BCUT2D eigenvalue weighted by molar-refractivity contribution is 0.0977. The first-order chi connectivity index (χ1) is 14.5. The summed E-state index contributed by atoms with van der Waals surface area (Å²) in [7, 11) is 0. The molecule has 6 nitrogen and oxygen atoms in total. The number of phenols is 1. The summed E-state index contributed by atoms with van der Waals surface area (Å²) in [6.07, 6.45) is 6.22. The van der Waals surface area contributed by atoms with E-state index in [0.29, 0.717) is 18.4 Å². The van der Waals surface area contributed by atoms with E-state index in [1.54, 1.807) is 24.3 Å². The van der Waals surface area contributed by atoms with Crippen LogP contribution in [0.4, 0.5) is 5.69 Å². The van der Waals surface area contributed by atoms with Gasteiger partial charge in [-0.3, -0.25) is 9.59 Å². The number of carbonyl (C=O) groups excluding carboxylic acids is 2. The second kappa shape index (κ2) is 8.48. The zero-order valence-electron chi connectivity index (χ0n) is 16.9. The summed E-state index contributed by atoms with van der Waals surface area (Å²) in [5.74, 6) is 0.345. The number of benzene rings is 2. The average molecular weight is 409 g/mol. The van der Waals surface area contributed by atoms with E-state index in [-0.39, 0.29) is 51.8 Å². The van der Waals surface area contributed by atoms with Gasteiger partial charge >= 0.3 is 0 Å². The molecule has 0 bridgehead atoms. The smallest absolute Gasteiger partial charge is 0.198 e. The molecule has 2 aliphatic carbocycles. The number of nitrogens with two attached hydrogens (primary N) is 1. The predicted molar refractivity (Wildman–Crippen MR) is 113 cm³/mol. The monoisotopic (exact) mass is 409 g/mol. The summed E-state index contributed by atoms with van der Waals surface area (Å²) >= 11 is 0. The molecule has 0 unspecified atom stereocenters. The Bertz CT molecular complexity index is 976. The van der Waals surface area contributed by atoms with Gasteiger partial charge in [-0.25, -0.2) is 0 Å². The SMILES string of the molecule is Nc1c(OCCC2CCC(CCO)CC2)cc(O)c2c1C(=O)c1ccccc1C2=O. The van der Waals surface area contributed by atoms with Crippen LogP contribution in [0.2, 0.25) is 0 Å². The lowest BCUT2D eigenvalue weighted by Crippen LogP contribution is -2.23. The van der Waals surface area contributed by atoms with E-state index in [9.17, 15) is 14.7 Å². The van der Waals surface area contributed by atoms with Gasteiger partial charge in [0.05, 0.1) is 23.4 Å². The quantitative estimate of drug-likeness (QED) is 0.423. The second-order valence-corrected chi connectivity index (χ2v) is 8.30. The van der Waals surface area contributed by atoms with Crippen LogP contribution in [0.1, 0.15) is 70.4 Å². The zero-order valence-corrected chi connectivity index (χ0v) is 16.9. The van der Waals surface area contributed by atoms with Crippen molar-refractivity contribution in [3.63, 3.8) is 0 Å². The van der Waals surface area contributed by atoms with Crippen LogP contribution < -0.4 is 10.5 Å². The summed E-state index contributed by atoms with van der Waals surface area (Å²) in [6.45, 7) is 0.682. The van der Waals surface area contributed by atoms with Crippen molar-refractivity contribution >= 4 is 17.3 Å². The first-order valence-corrected chi connectivity index (χ1v) is 10.6. The normalized spacial score (nSPS) is 20.6. The Kier molecular flexibility index (Phi) is 5.77. The second-order valence-electron chi connectivity index (χ2n) is 8.30. The molecule has 6 heteroatoms. The van der Waals surface area contributed by atoms with Crippen molar-refractivity contribution in [1.29, 1.82) is 0 Å². The minimum Gasteiger partial charge on any atom is -0.507 e. The van der Waals surface area contributed by atoms with Crippen LogP contribution >= 0.6 is 0 Å². The third kappa shape index (κ3) is 3.67. The van der Waals surface area contributed by atoms with Crippen molar-refractivity contribution in [3.05, 3.63) is 52.6 Å². The maximum atomic E-state index is 13.0. The molecule has 4 N–H and O–H groups in total. The van der Waals surface area contributed by atoms with Gasteiger partial charge in [0.1, 0.15) is 11.5 Å². The van der Waals surface area contributed by atoms with Crippen molar-refractivity contribution in [2.45, 2.75) is 38.5 Å². The molecule has 2 aromatic rings. The third-order valence-electron chi connectivity index (χ3n) is 6.47. The van der Waals surface area contributed by atoms with Gasteiger partial charge in [-0.1, -0.05) is 49.9 Å². The molecule has 0 aromatic heterocycles. The molecule has 1 fully saturated rings. The number of carbonyl (C=O) groups is 2. The number of anilines is 1. The Labute approximate surface area is 175 Å². The van der Waals surface area contributed by atoms with Gasteiger partial charge in [-0.2, -0.15) is 0 Å². The Hall–Kier alpha value is -2.86. The highest BCUT2D eigenvalue weighted by Crippen LogP contribution is 2.41. The molecule has 0 spiro atoms. The van der Waals surface area contributed by atoms with Crippen molar-refractivity contribution < 1.29 is 24.5 Å². The molecule has 0 amide bonds. The van der Waals surface area contributed by atoms with E-state index in [2.05, 4.69) is 0 Å². The van der Waals surface area contributed by atoms with Crippen LogP contribution in [0.3, 0.4) is 0 Å². The molecule has 0 aliphatic heterocycles. The van der Waals surface area contributed by atoms with Gasteiger partial charge in [-0.05, 0) is 24.7 Å². The number of fused-ring (bicyclic) bond motifs is 2. The average Bonchev–Trinajstić information content (AvgIpc) is 2.75. The van der Waals surface area contributed by atoms with E-state index in [1.165, 1.54) is 6.07 Å². The lowest BCUT2D eigenvalue weighted by atomic mass is 9.79. The number of aromatic hydroxyl groups is 1. The number of hydrogen-bond donors (Lipinski definition) is 3. The fourth-order valence-electron chi connectivity index (χ4n) is 4.72. The highest BCUT2D eigenvalue weighted by atomic mass is 16.5. The molecular weight excluding hydrogens is 382 g/mol. The van der Waals surface area contributed by atoms with Crippen LogP contribution in [0.25, 0.3) is 0 Å². The molecule has 1 saturated carbocycles. The Morgan fingerprint density at radius 2 is 1.50 bits per heavy atom. The number of ether oxygens (including phenoxy) is 1. The van der Waals surface area contributed by atoms with Gasteiger partial charge < -0.3 is 20.7 Å². The van der Waals surface area contributed by atoms with E-state index in [4.69, 9.17) is 15.6 Å². The molecule has 0 heterocycles. The van der Waals surface area contributed by atoms with Crippen LogP contribution in [-0.2, 0) is 0 Å². The minimum absolute atomic E-state index is 0.0261. The maximum Gasteiger partial charge on any atom is 0.198 e. The van der Waals surface area contributed by atoms with Gasteiger partial charge in [0.2, 0.25) is 0 Å². The third-order valence-corrected chi connectivity index (χ3v) is 6.47. The molecule has 30 heavy (non-hydrogen) atoms. The summed E-state index contributed by atoms with van der Waals surface area (Å²) in [4.78, 5) is 25.8. The van der Waals surface area contributed by atoms with Crippen molar-refractivity contribution in [2.24, 2.45) is 11.8 Å². The maximum absolute atomic E-state index is 13.0. The lowest BCUT2D eigenvalue weighted by Gasteiger charge is -2.28. The Morgan fingerprint density at radius 1 is 0.933 bits per heavy atom. The number of hydrogen-bond acceptors (Lipinski definition) is 6. The van der Waals surface area contributed by atoms with Crippen LogP contribution in [-0.4, -0.2) is 35.0 Å². The van der Waals surface area contributed by atoms with Gasteiger partial charge in [0.25, 0.3) is 0 Å². The van der Waals surface area contributed by atoms with Gasteiger partial charge in [0, 0.05) is 23.8 Å². The number of aliphatic hydroxyl groups excluding tert-OH is 1. The summed E-state index contributed by atoms with van der Waals surface area (Å²) in [6, 6.07) is 7.89. The molecule has 0 atom stereocenters. The first-order valence-electron chi connectivity index (χ1n) is 10.6. The summed E-state index contributed by atoms with van der Waals surface area (Å²) in [5.41, 5.74) is 6.86. The summed E-state index contributed by atoms with van der Waals surface area (Å²) < 4.78 is 5.84. The topological polar surface area (TPSA) is 110 Å². The van der Waals surface area contributed by atoms with Crippen molar-refractivity contribution in [3.8, 4) is 11.5 Å². The largest absolute Gasteiger partial charge is 0.507 e. The molecule has 0 radical (unpaired) electrons. The molecule has 2 aliphatic rings. The molecular formula is C24H27NO5. The first kappa shape index (κ1) is 20.4. The number of aliphatic hydroxyl groups is 1. The van der Waals surface area contributed by atoms with E-state index in [0.717, 1.165) is 38.5 Å². The fraction of sp³-hybridized carbons (Fsp3) is 0.417.